The summed E-state index contributed by atoms with van der Waals surface area (Å²) in [5.74, 6) is 1.67. The standard InChI is InChI=1S/C21H29ClN4O2S/c1-14-12-16(22)10-11-18(14)28-13-19-23-24-21(29-15(2)20(27)25(3)4)26(19)17-8-6-5-7-9-17/h10-12,15,17H,5-9,13H2,1-4H3/t15-/m1/s1. The molecule has 0 saturated heterocycles. The molecule has 1 aromatic carbocycles. The number of benzene rings is 1. The van der Waals surface area contributed by atoms with Gasteiger partial charge in [-0.2, -0.15) is 0 Å². The van der Waals surface area contributed by atoms with Crippen LogP contribution < -0.4 is 4.74 Å². The van der Waals surface area contributed by atoms with Crippen LogP contribution >= 0.6 is 23.4 Å². The minimum absolute atomic E-state index is 0.0720. The van der Waals surface area contributed by atoms with Gasteiger partial charge in [0.2, 0.25) is 5.91 Å². The number of aromatic nitrogens is 3. The molecule has 0 bridgehead atoms. The number of ether oxygens (including phenoxy) is 1. The first-order chi connectivity index (χ1) is 13.9. The fourth-order valence-electron chi connectivity index (χ4n) is 3.68. The Morgan fingerprint density at radius 2 is 2.03 bits per heavy atom. The van der Waals surface area contributed by atoms with Gasteiger partial charge in [-0.1, -0.05) is 42.6 Å². The van der Waals surface area contributed by atoms with Crippen LogP contribution in [0.1, 0.15) is 56.5 Å². The third-order valence-electron chi connectivity index (χ3n) is 5.24. The molecule has 0 N–H and O–H groups in total. The number of hydrogen-bond donors (Lipinski definition) is 0. The van der Waals surface area contributed by atoms with Crippen molar-refractivity contribution in [3.8, 4) is 5.75 Å². The maximum absolute atomic E-state index is 12.3. The van der Waals surface area contributed by atoms with E-state index in [9.17, 15) is 4.79 Å². The summed E-state index contributed by atoms with van der Waals surface area (Å²) in [5, 5.41) is 10.1. The molecule has 6 nitrogen and oxygen atoms in total. The molecule has 2 aromatic rings. The smallest absolute Gasteiger partial charge is 0.235 e. The van der Waals surface area contributed by atoms with E-state index in [4.69, 9.17) is 16.3 Å². The van der Waals surface area contributed by atoms with Crippen LogP contribution in [0, 0.1) is 6.92 Å². The summed E-state index contributed by atoms with van der Waals surface area (Å²) in [6, 6.07) is 5.95. The second-order valence-corrected chi connectivity index (χ2v) is 9.50. The number of rotatable bonds is 7. The molecule has 1 aromatic heterocycles. The van der Waals surface area contributed by atoms with Gasteiger partial charge in [0, 0.05) is 25.2 Å². The fourth-order valence-corrected chi connectivity index (χ4v) is 4.99. The molecule has 29 heavy (non-hydrogen) atoms. The third-order valence-corrected chi connectivity index (χ3v) is 6.52. The van der Waals surface area contributed by atoms with Gasteiger partial charge in [-0.25, -0.2) is 0 Å². The zero-order valence-electron chi connectivity index (χ0n) is 17.5. The molecule has 0 aliphatic heterocycles. The Kier molecular flexibility index (Phi) is 7.46. The number of hydrogen-bond acceptors (Lipinski definition) is 5. The fraction of sp³-hybridized carbons (Fsp3) is 0.571. The van der Waals surface area contributed by atoms with Crippen LogP contribution in [0.15, 0.2) is 23.4 Å². The number of nitrogens with zero attached hydrogens (tertiary/aromatic N) is 4. The van der Waals surface area contributed by atoms with Crippen LogP contribution in [-0.4, -0.2) is 44.9 Å². The molecule has 1 saturated carbocycles. The van der Waals surface area contributed by atoms with Gasteiger partial charge >= 0.3 is 0 Å². The summed E-state index contributed by atoms with van der Waals surface area (Å²) in [4.78, 5) is 13.9. The Bertz CT molecular complexity index is 849. The topological polar surface area (TPSA) is 60.3 Å². The van der Waals surface area contributed by atoms with Gasteiger partial charge in [0.1, 0.15) is 12.4 Å². The zero-order valence-corrected chi connectivity index (χ0v) is 19.1. The first-order valence-corrected chi connectivity index (χ1v) is 11.3. The van der Waals surface area contributed by atoms with Gasteiger partial charge in [0.05, 0.1) is 5.25 Å². The van der Waals surface area contributed by atoms with Crippen LogP contribution in [0.3, 0.4) is 0 Å². The number of halogens is 1. The zero-order chi connectivity index (χ0) is 21.0. The highest BCUT2D eigenvalue weighted by Crippen LogP contribution is 2.34. The lowest BCUT2D eigenvalue weighted by molar-refractivity contribution is -0.127. The van der Waals surface area contributed by atoms with Gasteiger partial charge in [0.25, 0.3) is 0 Å². The van der Waals surface area contributed by atoms with E-state index in [1.807, 2.05) is 32.0 Å². The molecule has 1 aliphatic rings. The van der Waals surface area contributed by atoms with Crippen molar-refractivity contribution in [3.63, 3.8) is 0 Å². The highest BCUT2D eigenvalue weighted by molar-refractivity contribution is 8.00. The van der Waals surface area contributed by atoms with E-state index in [1.165, 1.54) is 31.0 Å². The van der Waals surface area contributed by atoms with E-state index in [0.29, 0.717) is 17.7 Å². The second kappa shape index (κ2) is 9.85. The van der Waals surface area contributed by atoms with Crippen LogP contribution in [0.25, 0.3) is 0 Å². The largest absolute Gasteiger partial charge is 0.485 e. The molecule has 1 amide bonds. The Hall–Kier alpha value is -1.73. The highest BCUT2D eigenvalue weighted by Gasteiger charge is 2.26. The van der Waals surface area contributed by atoms with E-state index in [-0.39, 0.29) is 11.2 Å². The lowest BCUT2D eigenvalue weighted by Gasteiger charge is -2.26. The van der Waals surface area contributed by atoms with Crippen molar-refractivity contribution >= 4 is 29.3 Å². The number of thioether (sulfide) groups is 1. The molecular formula is C21H29ClN4O2S. The highest BCUT2D eigenvalue weighted by atomic mass is 35.5. The Morgan fingerprint density at radius 3 is 2.69 bits per heavy atom. The molecule has 3 rings (SSSR count). The van der Waals surface area contributed by atoms with Crippen LogP contribution in [0.4, 0.5) is 0 Å². The molecule has 1 fully saturated rings. The van der Waals surface area contributed by atoms with Gasteiger partial charge in [-0.15, -0.1) is 10.2 Å². The van der Waals surface area contributed by atoms with Crippen molar-refractivity contribution in [2.45, 2.75) is 69.0 Å². The summed E-state index contributed by atoms with van der Waals surface area (Å²) in [5.41, 5.74) is 0.987. The van der Waals surface area contributed by atoms with Crippen molar-refractivity contribution in [2.75, 3.05) is 14.1 Å². The van der Waals surface area contributed by atoms with Crippen molar-refractivity contribution in [3.05, 3.63) is 34.6 Å². The quantitative estimate of drug-likeness (QED) is 0.578. The minimum atomic E-state index is -0.219. The SMILES string of the molecule is Cc1cc(Cl)ccc1OCc1nnc(S[C@H](C)C(=O)N(C)C)n1C1CCCCC1. The molecule has 1 aliphatic carbocycles. The molecule has 158 valence electrons. The third kappa shape index (κ3) is 5.45. The Balaban J connectivity index is 1.82. The monoisotopic (exact) mass is 436 g/mol. The van der Waals surface area contributed by atoms with Crippen molar-refractivity contribution in [1.29, 1.82) is 0 Å². The first kappa shape index (κ1) is 22.0. The van der Waals surface area contributed by atoms with Gasteiger partial charge in [-0.3, -0.25) is 9.36 Å². The van der Waals surface area contributed by atoms with E-state index in [2.05, 4.69) is 14.8 Å². The summed E-state index contributed by atoms with van der Waals surface area (Å²) in [7, 11) is 3.55. The van der Waals surface area contributed by atoms with E-state index in [0.717, 1.165) is 35.1 Å². The molecule has 8 heteroatoms. The minimum Gasteiger partial charge on any atom is -0.485 e. The lowest BCUT2D eigenvalue weighted by Crippen LogP contribution is -2.30. The summed E-state index contributed by atoms with van der Waals surface area (Å²) >= 11 is 7.52. The average molecular weight is 437 g/mol. The van der Waals surface area contributed by atoms with Crippen molar-refractivity contribution < 1.29 is 9.53 Å². The van der Waals surface area contributed by atoms with Crippen LogP contribution in [0.5, 0.6) is 5.75 Å². The van der Waals surface area contributed by atoms with Crippen molar-refractivity contribution in [2.24, 2.45) is 0 Å². The van der Waals surface area contributed by atoms with E-state index in [1.54, 1.807) is 19.0 Å². The predicted molar refractivity (Wildman–Crippen MR) is 117 cm³/mol. The van der Waals surface area contributed by atoms with Gasteiger partial charge < -0.3 is 9.64 Å². The maximum atomic E-state index is 12.3. The average Bonchev–Trinajstić information content (AvgIpc) is 3.09. The van der Waals surface area contributed by atoms with Crippen LogP contribution in [0.2, 0.25) is 5.02 Å². The first-order valence-electron chi connectivity index (χ1n) is 10.1. The molecule has 1 atom stereocenters. The Morgan fingerprint density at radius 1 is 1.31 bits per heavy atom. The summed E-state index contributed by atoms with van der Waals surface area (Å²) in [6.45, 7) is 4.23. The normalized spacial score (nSPS) is 15.9. The van der Waals surface area contributed by atoms with Crippen LogP contribution in [-0.2, 0) is 11.4 Å². The molecule has 1 heterocycles. The number of carbonyl (C=O) groups is 1. The van der Waals surface area contributed by atoms with E-state index >= 15 is 0 Å². The summed E-state index contributed by atoms with van der Waals surface area (Å²) in [6.07, 6.45) is 5.89. The predicted octanol–water partition coefficient (Wildman–Crippen LogP) is 4.89. The van der Waals surface area contributed by atoms with Crippen molar-refractivity contribution in [1.82, 2.24) is 19.7 Å². The summed E-state index contributed by atoms with van der Waals surface area (Å²) < 4.78 is 8.25. The number of amides is 1. The maximum Gasteiger partial charge on any atom is 0.235 e. The Labute approximate surface area is 182 Å². The lowest BCUT2D eigenvalue weighted by atomic mass is 9.95. The molecule has 0 spiro atoms. The number of aryl methyl sites for hydroxylation is 1. The van der Waals surface area contributed by atoms with E-state index < -0.39 is 0 Å². The molecule has 0 radical (unpaired) electrons. The second-order valence-electron chi connectivity index (χ2n) is 7.75. The molecule has 0 unspecified atom stereocenters. The van der Waals surface area contributed by atoms with Gasteiger partial charge in [-0.05, 0) is 50.5 Å². The molecular weight excluding hydrogens is 408 g/mol. The van der Waals surface area contributed by atoms with Gasteiger partial charge in [0.15, 0.2) is 11.0 Å². The number of carbonyl (C=O) groups excluding carboxylic acids is 1.